The van der Waals surface area contributed by atoms with Crippen molar-refractivity contribution in [2.45, 2.75) is 72.3 Å². The number of hydrogen-bond acceptors (Lipinski definition) is 3. The van der Waals surface area contributed by atoms with Crippen molar-refractivity contribution in [3.05, 3.63) is 29.8 Å². The van der Waals surface area contributed by atoms with Crippen LogP contribution in [0.1, 0.15) is 71.8 Å². The van der Waals surface area contributed by atoms with Crippen LogP contribution in [0.2, 0.25) is 0 Å². The monoisotopic (exact) mass is 435 g/mol. The Morgan fingerprint density at radius 1 is 1.07 bits per heavy atom. The van der Waals surface area contributed by atoms with E-state index >= 15 is 0 Å². The second-order valence-corrected chi connectivity index (χ2v) is 10.3. The number of amides is 1. The number of halogens is 1. The second kappa shape index (κ2) is 10.9. The largest absolute Gasteiger partial charge is 0.369 e. The van der Waals surface area contributed by atoms with Gasteiger partial charge < -0.3 is 10.2 Å². The summed E-state index contributed by atoms with van der Waals surface area (Å²) in [5, 5.41) is 2.96. The van der Waals surface area contributed by atoms with Crippen LogP contribution in [0.15, 0.2) is 24.3 Å². The molecule has 1 aromatic carbocycles. The summed E-state index contributed by atoms with van der Waals surface area (Å²) in [5.74, 6) is 1.63. The van der Waals surface area contributed by atoms with Crippen molar-refractivity contribution in [1.82, 2.24) is 10.2 Å². The molecule has 0 spiro atoms. The molecule has 1 unspecified atom stereocenters. The van der Waals surface area contributed by atoms with Gasteiger partial charge >= 0.3 is 0 Å². The molecule has 2 fully saturated rings. The summed E-state index contributed by atoms with van der Waals surface area (Å²) >= 11 is 0. The zero-order chi connectivity index (χ0) is 21.0. The summed E-state index contributed by atoms with van der Waals surface area (Å²) in [6, 6.07) is 9.53. The number of carbonyl (C=O) groups is 1. The average molecular weight is 436 g/mol. The fourth-order valence-electron chi connectivity index (χ4n) is 5.22. The van der Waals surface area contributed by atoms with Crippen LogP contribution < -0.4 is 10.2 Å². The van der Waals surface area contributed by atoms with Crippen LogP contribution >= 0.6 is 12.4 Å². The third kappa shape index (κ3) is 6.37. The summed E-state index contributed by atoms with van der Waals surface area (Å²) in [6.07, 6.45) is 5.37. The van der Waals surface area contributed by atoms with Crippen molar-refractivity contribution < 1.29 is 4.79 Å². The lowest BCUT2D eigenvalue weighted by molar-refractivity contribution is -0.119. The first-order chi connectivity index (χ1) is 13.8. The van der Waals surface area contributed by atoms with Gasteiger partial charge in [0.1, 0.15) is 0 Å². The number of rotatable bonds is 5. The number of hydrogen-bond donors (Lipinski definition) is 1. The first kappa shape index (κ1) is 25.0. The predicted octanol–water partition coefficient (Wildman–Crippen LogP) is 5.07. The van der Waals surface area contributed by atoms with E-state index in [1.807, 2.05) is 0 Å². The Morgan fingerprint density at radius 3 is 2.23 bits per heavy atom. The molecule has 0 radical (unpaired) electrons. The van der Waals surface area contributed by atoms with Crippen LogP contribution in [-0.4, -0.2) is 49.6 Å². The van der Waals surface area contributed by atoms with Gasteiger partial charge in [-0.05, 0) is 61.5 Å². The fourth-order valence-corrected chi connectivity index (χ4v) is 5.22. The van der Waals surface area contributed by atoms with Crippen LogP contribution in [0, 0.1) is 11.3 Å². The highest BCUT2D eigenvalue weighted by Gasteiger charge is 2.32. The van der Waals surface area contributed by atoms with E-state index in [0.29, 0.717) is 17.4 Å². The molecule has 5 heteroatoms. The first-order valence-electron chi connectivity index (χ1n) is 11.6. The highest BCUT2D eigenvalue weighted by molar-refractivity contribution is 5.85. The maximum absolute atomic E-state index is 11.2. The van der Waals surface area contributed by atoms with Gasteiger partial charge in [0.05, 0.1) is 0 Å². The fraction of sp³-hybridized carbons (Fsp3) is 0.720. The third-order valence-corrected chi connectivity index (χ3v) is 7.25. The summed E-state index contributed by atoms with van der Waals surface area (Å²) in [7, 11) is 0. The Balaban J connectivity index is 0.00000320. The Kier molecular flexibility index (Phi) is 9.05. The molecule has 170 valence electrons. The molecule has 4 nitrogen and oxygen atoms in total. The van der Waals surface area contributed by atoms with E-state index in [-0.39, 0.29) is 18.3 Å². The number of anilines is 1. The quantitative estimate of drug-likeness (QED) is 0.700. The number of carbonyl (C=O) groups excluding carboxylic acids is 1. The number of piperazine rings is 1. The van der Waals surface area contributed by atoms with Crippen LogP contribution in [0.3, 0.4) is 0 Å². The lowest BCUT2D eigenvalue weighted by Crippen LogP contribution is -2.52. The second-order valence-electron chi connectivity index (χ2n) is 10.3. The maximum atomic E-state index is 11.2. The van der Waals surface area contributed by atoms with Crippen molar-refractivity contribution in [3.63, 3.8) is 0 Å². The Labute approximate surface area is 190 Å². The smallest absolute Gasteiger partial charge is 0.216 e. The topological polar surface area (TPSA) is 35.6 Å². The van der Waals surface area contributed by atoms with Gasteiger partial charge in [-0.15, -0.1) is 12.4 Å². The minimum atomic E-state index is 0. The molecule has 1 aliphatic carbocycles. The highest BCUT2D eigenvalue weighted by atomic mass is 35.5. The molecule has 1 amide bonds. The molecule has 1 saturated carbocycles. The van der Waals surface area contributed by atoms with Gasteiger partial charge in [-0.2, -0.15) is 0 Å². The van der Waals surface area contributed by atoms with Gasteiger partial charge in [0.15, 0.2) is 0 Å². The van der Waals surface area contributed by atoms with Gasteiger partial charge in [-0.3, -0.25) is 9.69 Å². The number of benzene rings is 1. The minimum Gasteiger partial charge on any atom is -0.369 e. The van der Waals surface area contributed by atoms with Crippen LogP contribution in [-0.2, 0) is 4.79 Å². The summed E-state index contributed by atoms with van der Waals surface area (Å²) in [5.41, 5.74) is 3.47. The van der Waals surface area contributed by atoms with Crippen LogP contribution in [0.5, 0.6) is 0 Å². The van der Waals surface area contributed by atoms with Crippen molar-refractivity contribution in [2.24, 2.45) is 11.3 Å². The highest BCUT2D eigenvalue weighted by Crippen LogP contribution is 2.45. The van der Waals surface area contributed by atoms with Gasteiger partial charge in [-0.25, -0.2) is 0 Å². The average Bonchev–Trinajstić information content (AvgIpc) is 2.71. The molecule has 1 saturated heterocycles. The van der Waals surface area contributed by atoms with Crippen molar-refractivity contribution >= 4 is 24.0 Å². The minimum absolute atomic E-state index is 0. The van der Waals surface area contributed by atoms with E-state index < -0.39 is 0 Å². The van der Waals surface area contributed by atoms with E-state index in [0.717, 1.165) is 38.6 Å². The number of para-hydroxylation sites is 1. The molecule has 0 bridgehead atoms. The van der Waals surface area contributed by atoms with E-state index in [9.17, 15) is 4.79 Å². The lowest BCUT2D eigenvalue weighted by Gasteiger charge is -2.41. The van der Waals surface area contributed by atoms with Crippen molar-refractivity contribution in [3.8, 4) is 0 Å². The van der Waals surface area contributed by atoms with Gasteiger partial charge in [0, 0.05) is 51.4 Å². The van der Waals surface area contributed by atoms with Gasteiger partial charge in [-0.1, -0.05) is 39.0 Å². The molecule has 1 aliphatic heterocycles. The molecule has 1 aromatic rings. The molecule has 30 heavy (non-hydrogen) atoms. The van der Waals surface area contributed by atoms with Crippen LogP contribution in [0.4, 0.5) is 5.69 Å². The zero-order valence-corrected chi connectivity index (χ0v) is 20.4. The Hall–Kier alpha value is -1.26. The van der Waals surface area contributed by atoms with E-state index in [2.05, 4.69) is 67.1 Å². The molecule has 1 N–H and O–H groups in total. The summed E-state index contributed by atoms with van der Waals surface area (Å²) < 4.78 is 0. The van der Waals surface area contributed by atoms with Gasteiger partial charge in [0.25, 0.3) is 0 Å². The predicted molar refractivity (Wildman–Crippen MR) is 130 cm³/mol. The van der Waals surface area contributed by atoms with E-state index in [1.54, 1.807) is 12.5 Å². The molecule has 0 aromatic heterocycles. The first-order valence-corrected chi connectivity index (χ1v) is 11.6. The number of nitrogens with one attached hydrogen (secondary N) is 1. The van der Waals surface area contributed by atoms with E-state index in [1.165, 1.54) is 31.4 Å². The molecular weight excluding hydrogens is 394 g/mol. The molecule has 1 heterocycles. The third-order valence-electron chi connectivity index (χ3n) is 7.25. The normalized spacial score (nSPS) is 24.1. The standard InChI is InChI=1S/C25H41N3O.ClH/c1-19(18-26-20(2)29)27-14-16-28(17-15-27)24-9-7-6-8-23(24)21-10-12-22(13-11-21)25(3,4)5;/h6-9,19,21-22H,10-18H2,1-5H3,(H,26,29);1H. The SMILES string of the molecule is CC(=O)NCC(C)N1CCN(c2ccccc2C2CCC(C(C)(C)C)CC2)CC1.Cl. The van der Waals surface area contributed by atoms with E-state index in [4.69, 9.17) is 0 Å². The number of nitrogens with zero attached hydrogens (tertiary/aromatic N) is 2. The Morgan fingerprint density at radius 2 is 1.67 bits per heavy atom. The lowest BCUT2D eigenvalue weighted by atomic mass is 9.68. The summed E-state index contributed by atoms with van der Waals surface area (Å²) in [6.45, 7) is 16.0. The van der Waals surface area contributed by atoms with Gasteiger partial charge in [0.2, 0.25) is 5.91 Å². The van der Waals surface area contributed by atoms with Crippen molar-refractivity contribution in [1.29, 1.82) is 0 Å². The van der Waals surface area contributed by atoms with Crippen molar-refractivity contribution in [2.75, 3.05) is 37.6 Å². The molecular formula is C25H42ClN3O. The summed E-state index contributed by atoms with van der Waals surface area (Å²) in [4.78, 5) is 16.3. The molecule has 3 rings (SSSR count). The molecule has 1 atom stereocenters. The zero-order valence-electron chi connectivity index (χ0n) is 19.6. The Bertz CT molecular complexity index is 671. The van der Waals surface area contributed by atoms with Crippen LogP contribution in [0.25, 0.3) is 0 Å². The molecule has 2 aliphatic rings. The maximum Gasteiger partial charge on any atom is 0.216 e.